The molecule has 4 heteroatoms. The van der Waals surface area contributed by atoms with Crippen molar-refractivity contribution in [2.75, 3.05) is 0 Å². The Balaban J connectivity index is 2.38. The Morgan fingerprint density at radius 3 is 2.60 bits per heavy atom. The van der Waals surface area contributed by atoms with E-state index in [0.717, 1.165) is 23.3 Å². The second-order valence-electron chi connectivity index (χ2n) is 5.86. The van der Waals surface area contributed by atoms with Crippen LogP contribution in [0.1, 0.15) is 55.8 Å². The molecule has 0 amide bonds. The molecule has 1 aromatic carbocycles. The van der Waals surface area contributed by atoms with Crippen molar-refractivity contribution in [1.29, 1.82) is 0 Å². The molecule has 0 saturated carbocycles. The number of fused-ring (bicyclic) bond motifs is 1. The average Bonchev–Trinajstić information content (AvgIpc) is 2.70. The van der Waals surface area contributed by atoms with Crippen LogP contribution in [0.3, 0.4) is 0 Å². The van der Waals surface area contributed by atoms with Crippen LogP contribution < -0.4 is 0 Å². The Morgan fingerprint density at radius 1 is 1.30 bits per heavy atom. The van der Waals surface area contributed by atoms with Crippen LogP contribution in [-0.2, 0) is 0 Å². The summed E-state index contributed by atoms with van der Waals surface area (Å²) in [5.74, 6) is 0.719. The van der Waals surface area contributed by atoms with Crippen molar-refractivity contribution in [3.05, 3.63) is 29.6 Å². The van der Waals surface area contributed by atoms with E-state index in [1.54, 1.807) is 12.1 Å². The van der Waals surface area contributed by atoms with Crippen LogP contribution in [0, 0.1) is 12.8 Å². The van der Waals surface area contributed by atoms with E-state index in [1.807, 2.05) is 13.0 Å². The maximum Gasteiger partial charge on any atom is 0.335 e. The number of carboxylic acids is 1. The van der Waals surface area contributed by atoms with E-state index in [0.29, 0.717) is 12.0 Å². The number of aromatic carboxylic acids is 1. The molecule has 108 valence electrons. The van der Waals surface area contributed by atoms with Gasteiger partial charge in [0.15, 0.2) is 0 Å². The molecule has 0 spiro atoms. The van der Waals surface area contributed by atoms with Gasteiger partial charge in [0.2, 0.25) is 0 Å². The number of imidazole rings is 1. The molecule has 2 aromatic rings. The molecule has 1 heterocycles. The van der Waals surface area contributed by atoms with Crippen molar-refractivity contribution >= 4 is 17.0 Å². The molecule has 0 saturated heterocycles. The first-order valence-electron chi connectivity index (χ1n) is 7.12. The summed E-state index contributed by atoms with van der Waals surface area (Å²) in [6.45, 7) is 8.63. The van der Waals surface area contributed by atoms with Crippen LogP contribution in [0.25, 0.3) is 11.0 Å². The SMILES string of the molecule is Cc1nc2cc(C(=O)O)ccc2n1C(C)CCC(C)C. The Hall–Kier alpha value is -1.84. The van der Waals surface area contributed by atoms with E-state index in [-0.39, 0.29) is 5.56 Å². The second-order valence-corrected chi connectivity index (χ2v) is 5.86. The number of nitrogens with zero attached hydrogens (tertiary/aromatic N) is 2. The van der Waals surface area contributed by atoms with Crippen molar-refractivity contribution in [1.82, 2.24) is 9.55 Å². The summed E-state index contributed by atoms with van der Waals surface area (Å²) in [6.07, 6.45) is 2.28. The minimum Gasteiger partial charge on any atom is -0.478 e. The topological polar surface area (TPSA) is 55.1 Å². The van der Waals surface area contributed by atoms with Gasteiger partial charge in [-0.3, -0.25) is 0 Å². The summed E-state index contributed by atoms with van der Waals surface area (Å²) in [7, 11) is 0. The molecule has 0 bridgehead atoms. The van der Waals surface area contributed by atoms with Crippen LogP contribution in [0.4, 0.5) is 0 Å². The van der Waals surface area contributed by atoms with E-state index >= 15 is 0 Å². The van der Waals surface area contributed by atoms with Crippen LogP contribution in [0.15, 0.2) is 18.2 Å². The first-order chi connectivity index (χ1) is 9.40. The van der Waals surface area contributed by atoms with Crippen molar-refractivity contribution in [3.63, 3.8) is 0 Å². The third-order valence-electron chi connectivity index (χ3n) is 3.72. The fourth-order valence-electron chi connectivity index (χ4n) is 2.61. The predicted octanol–water partition coefficient (Wildman–Crippen LogP) is 4.04. The lowest BCUT2D eigenvalue weighted by molar-refractivity contribution is 0.0697. The van der Waals surface area contributed by atoms with Gasteiger partial charge in [-0.25, -0.2) is 9.78 Å². The third-order valence-corrected chi connectivity index (χ3v) is 3.72. The number of aromatic nitrogens is 2. The Morgan fingerprint density at radius 2 is 2.00 bits per heavy atom. The predicted molar refractivity (Wildman–Crippen MR) is 80.2 cm³/mol. The lowest BCUT2D eigenvalue weighted by atomic mass is 10.0. The van der Waals surface area contributed by atoms with Crippen LogP contribution in [-0.4, -0.2) is 20.6 Å². The molecule has 1 unspecified atom stereocenters. The zero-order chi connectivity index (χ0) is 14.9. The maximum absolute atomic E-state index is 11.0. The highest BCUT2D eigenvalue weighted by atomic mass is 16.4. The fourth-order valence-corrected chi connectivity index (χ4v) is 2.61. The van der Waals surface area contributed by atoms with Gasteiger partial charge in [-0.15, -0.1) is 0 Å². The molecular formula is C16H22N2O2. The van der Waals surface area contributed by atoms with Gasteiger partial charge in [0.1, 0.15) is 5.82 Å². The molecule has 2 rings (SSSR count). The van der Waals surface area contributed by atoms with E-state index in [4.69, 9.17) is 5.11 Å². The molecule has 1 N–H and O–H groups in total. The van der Waals surface area contributed by atoms with Crippen molar-refractivity contribution in [3.8, 4) is 0 Å². The number of carboxylic acid groups (broad SMARTS) is 1. The highest BCUT2D eigenvalue weighted by Crippen LogP contribution is 2.25. The number of rotatable bonds is 5. The summed E-state index contributed by atoms with van der Waals surface area (Å²) in [5.41, 5.74) is 2.07. The van der Waals surface area contributed by atoms with Crippen LogP contribution in [0.5, 0.6) is 0 Å². The van der Waals surface area contributed by atoms with Crippen LogP contribution >= 0.6 is 0 Å². The van der Waals surface area contributed by atoms with Crippen molar-refractivity contribution < 1.29 is 9.90 Å². The van der Waals surface area contributed by atoms with E-state index < -0.39 is 5.97 Å². The van der Waals surface area contributed by atoms with Gasteiger partial charge in [-0.1, -0.05) is 13.8 Å². The number of carbonyl (C=O) groups is 1. The van der Waals surface area contributed by atoms with Gasteiger partial charge < -0.3 is 9.67 Å². The van der Waals surface area contributed by atoms with Gasteiger partial charge in [-0.05, 0) is 50.8 Å². The summed E-state index contributed by atoms with van der Waals surface area (Å²) in [4.78, 5) is 15.5. The molecule has 4 nitrogen and oxygen atoms in total. The summed E-state index contributed by atoms with van der Waals surface area (Å²) in [5, 5.41) is 9.04. The zero-order valence-electron chi connectivity index (χ0n) is 12.6. The molecule has 20 heavy (non-hydrogen) atoms. The number of hydrogen-bond acceptors (Lipinski definition) is 2. The van der Waals surface area contributed by atoms with Gasteiger partial charge in [0, 0.05) is 6.04 Å². The standard InChI is InChI=1S/C16H22N2O2/c1-10(2)5-6-11(3)18-12(4)17-14-9-13(16(19)20)7-8-15(14)18/h7-11H,5-6H2,1-4H3,(H,19,20). The highest BCUT2D eigenvalue weighted by Gasteiger charge is 2.15. The minimum absolute atomic E-state index is 0.289. The van der Waals surface area contributed by atoms with Gasteiger partial charge >= 0.3 is 5.97 Å². The van der Waals surface area contributed by atoms with Gasteiger partial charge in [-0.2, -0.15) is 0 Å². The molecule has 0 fully saturated rings. The number of aryl methyl sites for hydroxylation is 1. The summed E-state index contributed by atoms with van der Waals surface area (Å²) >= 11 is 0. The second kappa shape index (κ2) is 5.65. The Kier molecular flexibility index (Phi) is 4.12. The normalized spacial score (nSPS) is 13.1. The van der Waals surface area contributed by atoms with Crippen molar-refractivity contribution in [2.45, 2.75) is 46.6 Å². The molecular weight excluding hydrogens is 252 g/mol. The monoisotopic (exact) mass is 274 g/mol. The number of hydrogen-bond donors (Lipinski definition) is 1. The van der Waals surface area contributed by atoms with Gasteiger partial charge in [0.05, 0.1) is 16.6 Å². The van der Waals surface area contributed by atoms with E-state index in [2.05, 4.69) is 30.3 Å². The zero-order valence-corrected chi connectivity index (χ0v) is 12.6. The third kappa shape index (κ3) is 2.84. The molecule has 0 aliphatic rings. The molecule has 0 aliphatic carbocycles. The average molecular weight is 274 g/mol. The van der Waals surface area contributed by atoms with Crippen LogP contribution in [0.2, 0.25) is 0 Å². The lowest BCUT2D eigenvalue weighted by Gasteiger charge is -2.17. The molecule has 0 aliphatic heterocycles. The highest BCUT2D eigenvalue weighted by molar-refractivity contribution is 5.92. The van der Waals surface area contributed by atoms with E-state index in [9.17, 15) is 4.79 Å². The minimum atomic E-state index is -0.910. The summed E-state index contributed by atoms with van der Waals surface area (Å²) in [6, 6.07) is 5.54. The molecule has 0 radical (unpaired) electrons. The Bertz CT molecular complexity index is 629. The number of benzene rings is 1. The Labute approximate surface area is 119 Å². The lowest BCUT2D eigenvalue weighted by Crippen LogP contribution is -2.08. The molecule has 1 atom stereocenters. The maximum atomic E-state index is 11.0. The first kappa shape index (κ1) is 14.6. The first-order valence-corrected chi connectivity index (χ1v) is 7.12. The summed E-state index contributed by atoms with van der Waals surface area (Å²) < 4.78 is 2.21. The van der Waals surface area contributed by atoms with Crippen molar-refractivity contribution in [2.24, 2.45) is 5.92 Å². The smallest absolute Gasteiger partial charge is 0.335 e. The fraction of sp³-hybridized carbons (Fsp3) is 0.500. The largest absolute Gasteiger partial charge is 0.478 e. The van der Waals surface area contributed by atoms with Gasteiger partial charge in [0.25, 0.3) is 0 Å². The van der Waals surface area contributed by atoms with E-state index in [1.165, 1.54) is 6.42 Å². The molecule has 1 aromatic heterocycles. The quantitative estimate of drug-likeness (QED) is 0.895.